The predicted octanol–water partition coefficient (Wildman–Crippen LogP) is 2.65. The molecule has 0 N–H and O–H groups in total. The van der Waals surface area contributed by atoms with Crippen molar-refractivity contribution in [1.29, 1.82) is 0 Å². The second kappa shape index (κ2) is 5.30. The Hall–Kier alpha value is -0.470. The number of hydrogen-bond donors (Lipinski definition) is 0. The van der Waals surface area contributed by atoms with E-state index < -0.39 is 0 Å². The molecule has 0 spiro atoms. The summed E-state index contributed by atoms with van der Waals surface area (Å²) in [6.45, 7) is 3.26. The van der Waals surface area contributed by atoms with Gasteiger partial charge in [0.05, 0.1) is 0 Å². The quantitative estimate of drug-likeness (QED) is 0.680. The van der Waals surface area contributed by atoms with Crippen molar-refractivity contribution in [2.24, 2.45) is 0 Å². The average Bonchev–Trinajstić information content (AvgIpc) is 2.08. The van der Waals surface area contributed by atoms with Gasteiger partial charge in [-0.2, -0.15) is 0 Å². The van der Waals surface area contributed by atoms with Gasteiger partial charge in [-0.25, -0.2) is 0 Å². The summed E-state index contributed by atoms with van der Waals surface area (Å²) in [5, 5.41) is 0. The van der Waals surface area contributed by atoms with E-state index in [1.165, 1.54) is 10.5 Å². The molecule has 0 aliphatic rings. The number of nitrogens with zero attached hydrogens (tertiary/aromatic N) is 1. The van der Waals surface area contributed by atoms with Crippen molar-refractivity contribution in [3.8, 4) is 0 Å². The zero-order valence-electron chi connectivity index (χ0n) is 8.58. The molecule has 13 heavy (non-hydrogen) atoms. The topological polar surface area (TPSA) is 3.24 Å². The van der Waals surface area contributed by atoms with Gasteiger partial charge in [0, 0.05) is 17.2 Å². The highest BCUT2D eigenvalue weighted by Crippen LogP contribution is 2.17. The Morgan fingerprint density at radius 1 is 1.15 bits per heavy atom. The summed E-state index contributed by atoms with van der Waals surface area (Å²) >= 11 is 1.92. The molecule has 0 saturated heterocycles. The molecule has 0 fully saturated rings. The first-order valence-electron chi connectivity index (χ1n) is 4.52. The maximum atomic E-state index is 2.21. The molecule has 0 saturated carbocycles. The summed E-state index contributed by atoms with van der Waals surface area (Å²) in [5.74, 6) is 1.16. The van der Waals surface area contributed by atoms with E-state index in [0.29, 0.717) is 0 Å². The normalized spacial score (nSPS) is 10.8. The van der Waals surface area contributed by atoms with Gasteiger partial charge in [0.1, 0.15) is 0 Å². The predicted molar refractivity (Wildman–Crippen MR) is 60.5 cm³/mol. The van der Waals surface area contributed by atoms with Gasteiger partial charge in [-0.05, 0) is 33.2 Å². The number of aryl methyl sites for hydroxylation is 1. The van der Waals surface area contributed by atoms with Gasteiger partial charge in [-0.15, -0.1) is 11.8 Å². The van der Waals surface area contributed by atoms with Gasteiger partial charge in [-0.1, -0.05) is 17.7 Å². The van der Waals surface area contributed by atoms with Gasteiger partial charge >= 0.3 is 0 Å². The molecule has 2 heteroatoms. The van der Waals surface area contributed by atoms with Crippen LogP contribution in [0.25, 0.3) is 0 Å². The average molecular weight is 195 g/mol. The Bertz CT molecular complexity index is 241. The highest BCUT2D eigenvalue weighted by atomic mass is 32.2. The summed E-state index contributed by atoms with van der Waals surface area (Å²) in [6, 6.07) is 8.71. The third kappa shape index (κ3) is 4.34. The van der Waals surface area contributed by atoms with Gasteiger partial charge in [0.15, 0.2) is 0 Å². The fraction of sp³-hybridized carbons (Fsp3) is 0.455. The van der Waals surface area contributed by atoms with E-state index in [2.05, 4.69) is 50.2 Å². The monoisotopic (exact) mass is 195 g/mol. The molecule has 0 radical (unpaired) electrons. The molecule has 0 bridgehead atoms. The van der Waals surface area contributed by atoms with Crippen LogP contribution in [0.15, 0.2) is 29.2 Å². The smallest absolute Gasteiger partial charge is 0.0108 e. The van der Waals surface area contributed by atoms with Crippen molar-refractivity contribution in [1.82, 2.24) is 4.90 Å². The number of rotatable bonds is 4. The molecule has 1 aromatic carbocycles. The largest absolute Gasteiger partial charge is 0.309 e. The van der Waals surface area contributed by atoms with Crippen LogP contribution in [-0.2, 0) is 0 Å². The lowest BCUT2D eigenvalue weighted by atomic mass is 10.2. The molecule has 0 aliphatic heterocycles. The van der Waals surface area contributed by atoms with Crippen LogP contribution in [0.3, 0.4) is 0 Å². The highest BCUT2D eigenvalue weighted by Gasteiger charge is 1.94. The standard InChI is InChI=1S/C11H17NS/c1-10-4-6-11(7-5-10)13-9-8-12(2)3/h4-7H,8-9H2,1-3H3. The Balaban J connectivity index is 2.33. The maximum Gasteiger partial charge on any atom is 0.0108 e. The molecule has 72 valence electrons. The van der Waals surface area contributed by atoms with Gasteiger partial charge < -0.3 is 4.90 Å². The SMILES string of the molecule is Cc1ccc(SCCN(C)C)cc1. The molecule has 0 unspecified atom stereocenters. The Labute approximate surface area is 85.1 Å². The van der Waals surface area contributed by atoms with E-state index in [1.54, 1.807) is 0 Å². The van der Waals surface area contributed by atoms with Crippen LogP contribution in [0.2, 0.25) is 0 Å². The lowest BCUT2D eigenvalue weighted by Gasteiger charge is -2.08. The first-order chi connectivity index (χ1) is 6.18. The van der Waals surface area contributed by atoms with Crippen molar-refractivity contribution >= 4 is 11.8 Å². The summed E-state index contributed by atoms with van der Waals surface area (Å²) in [7, 11) is 4.21. The molecule has 0 aromatic heterocycles. The second-order valence-corrected chi connectivity index (χ2v) is 4.63. The molecule has 0 amide bonds. The van der Waals surface area contributed by atoms with Crippen LogP contribution in [0.1, 0.15) is 5.56 Å². The summed E-state index contributed by atoms with van der Waals surface area (Å²) in [6.07, 6.45) is 0. The molecular weight excluding hydrogens is 178 g/mol. The molecule has 1 aromatic rings. The van der Waals surface area contributed by atoms with Crippen LogP contribution in [0.5, 0.6) is 0 Å². The lowest BCUT2D eigenvalue weighted by Crippen LogP contribution is -2.14. The first kappa shape index (κ1) is 10.6. The minimum atomic E-state index is 1.14. The van der Waals surface area contributed by atoms with Crippen LogP contribution in [-0.4, -0.2) is 31.3 Å². The number of benzene rings is 1. The zero-order valence-corrected chi connectivity index (χ0v) is 9.40. The molecule has 0 heterocycles. The fourth-order valence-electron chi connectivity index (χ4n) is 0.981. The van der Waals surface area contributed by atoms with Crippen molar-refractivity contribution in [2.45, 2.75) is 11.8 Å². The van der Waals surface area contributed by atoms with E-state index in [9.17, 15) is 0 Å². The van der Waals surface area contributed by atoms with Gasteiger partial charge in [0.25, 0.3) is 0 Å². The van der Waals surface area contributed by atoms with Crippen molar-refractivity contribution in [3.63, 3.8) is 0 Å². The van der Waals surface area contributed by atoms with Crippen LogP contribution in [0.4, 0.5) is 0 Å². The zero-order chi connectivity index (χ0) is 9.68. The van der Waals surface area contributed by atoms with Crippen LogP contribution in [0, 0.1) is 6.92 Å². The Morgan fingerprint density at radius 2 is 1.77 bits per heavy atom. The summed E-state index contributed by atoms with van der Waals surface area (Å²) in [5.41, 5.74) is 1.33. The van der Waals surface area contributed by atoms with Crippen LogP contribution >= 0.6 is 11.8 Å². The number of hydrogen-bond acceptors (Lipinski definition) is 2. The minimum Gasteiger partial charge on any atom is -0.309 e. The van der Waals surface area contributed by atoms with E-state index in [1.807, 2.05) is 11.8 Å². The third-order valence-corrected chi connectivity index (χ3v) is 2.82. The Kier molecular flexibility index (Phi) is 4.33. The maximum absolute atomic E-state index is 2.21. The lowest BCUT2D eigenvalue weighted by molar-refractivity contribution is 0.437. The molecule has 0 aliphatic carbocycles. The first-order valence-corrected chi connectivity index (χ1v) is 5.51. The Morgan fingerprint density at radius 3 is 2.31 bits per heavy atom. The summed E-state index contributed by atoms with van der Waals surface area (Å²) in [4.78, 5) is 3.58. The van der Waals surface area contributed by atoms with E-state index >= 15 is 0 Å². The second-order valence-electron chi connectivity index (χ2n) is 3.46. The van der Waals surface area contributed by atoms with Gasteiger partial charge in [-0.3, -0.25) is 0 Å². The molecule has 1 nitrogen and oxygen atoms in total. The van der Waals surface area contributed by atoms with E-state index in [-0.39, 0.29) is 0 Å². The van der Waals surface area contributed by atoms with E-state index in [4.69, 9.17) is 0 Å². The minimum absolute atomic E-state index is 1.14. The molecule has 1 rings (SSSR count). The highest BCUT2D eigenvalue weighted by molar-refractivity contribution is 7.99. The van der Waals surface area contributed by atoms with Gasteiger partial charge in [0.2, 0.25) is 0 Å². The van der Waals surface area contributed by atoms with Crippen LogP contribution < -0.4 is 0 Å². The van der Waals surface area contributed by atoms with E-state index in [0.717, 1.165) is 12.3 Å². The number of thioether (sulfide) groups is 1. The fourth-order valence-corrected chi connectivity index (χ4v) is 2.00. The summed E-state index contributed by atoms with van der Waals surface area (Å²) < 4.78 is 0. The van der Waals surface area contributed by atoms with Crippen molar-refractivity contribution in [2.75, 3.05) is 26.4 Å². The van der Waals surface area contributed by atoms with Crippen molar-refractivity contribution < 1.29 is 0 Å². The van der Waals surface area contributed by atoms with Crippen molar-refractivity contribution in [3.05, 3.63) is 29.8 Å². The molecular formula is C11H17NS. The third-order valence-electron chi connectivity index (χ3n) is 1.83. The molecule has 0 atom stereocenters.